The third-order valence-electron chi connectivity index (χ3n) is 1.79. The fourth-order valence-electron chi connectivity index (χ4n) is 1.09. The second kappa shape index (κ2) is 5.11. The molecule has 2 aromatic rings. The first-order valence-corrected chi connectivity index (χ1v) is 6.45. The Kier molecular flexibility index (Phi) is 3.79. The van der Waals surface area contributed by atoms with Crippen LogP contribution < -0.4 is 4.74 Å². The number of halogens is 2. The van der Waals surface area contributed by atoms with Gasteiger partial charge in [0.15, 0.2) is 0 Å². The standard InChI is InChI=1S/C11H7I2NO/c12-8-3-1-2-4-10(8)15-11-5-6-14-7-9(11)13/h1-7H. The lowest BCUT2D eigenvalue weighted by atomic mass is 10.3. The highest BCUT2D eigenvalue weighted by atomic mass is 127. The Labute approximate surface area is 115 Å². The summed E-state index contributed by atoms with van der Waals surface area (Å²) in [7, 11) is 0. The zero-order valence-electron chi connectivity index (χ0n) is 7.65. The van der Waals surface area contributed by atoms with Gasteiger partial charge in [-0.25, -0.2) is 0 Å². The number of hydrogen-bond donors (Lipinski definition) is 0. The van der Waals surface area contributed by atoms with Crippen LogP contribution in [0.5, 0.6) is 11.5 Å². The van der Waals surface area contributed by atoms with Crippen LogP contribution in [0.2, 0.25) is 0 Å². The van der Waals surface area contributed by atoms with E-state index in [0.717, 1.165) is 18.6 Å². The van der Waals surface area contributed by atoms with Crippen LogP contribution in [-0.2, 0) is 0 Å². The fourth-order valence-corrected chi connectivity index (χ4v) is 2.04. The molecule has 0 saturated heterocycles. The summed E-state index contributed by atoms with van der Waals surface area (Å²) < 4.78 is 7.89. The molecule has 0 spiro atoms. The van der Waals surface area contributed by atoms with Crippen molar-refractivity contribution in [1.29, 1.82) is 0 Å². The van der Waals surface area contributed by atoms with Crippen molar-refractivity contribution in [3.8, 4) is 11.5 Å². The molecule has 0 unspecified atom stereocenters. The van der Waals surface area contributed by atoms with E-state index in [2.05, 4.69) is 50.2 Å². The van der Waals surface area contributed by atoms with Crippen molar-refractivity contribution in [2.75, 3.05) is 0 Å². The molecular weight excluding hydrogens is 416 g/mol. The first-order chi connectivity index (χ1) is 7.27. The SMILES string of the molecule is Ic1ccccc1Oc1ccncc1I. The third-order valence-corrected chi connectivity index (χ3v) is 3.49. The van der Waals surface area contributed by atoms with Crippen LogP contribution in [0, 0.1) is 7.14 Å². The molecule has 76 valence electrons. The van der Waals surface area contributed by atoms with Crippen LogP contribution in [0.25, 0.3) is 0 Å². The normalized spacial score (nSPS) is 10.0. The maximum Gasteiger partial charge on any atom is 0.143 e. The molecule has 0 aliphatic heterocycles. The van der Waals surface area contributed by atoms with Gasteiger partial charge in [0.1, 0.15) is 11.5 Å². The largest absolute Gasteiger partial charge is 0.455 e. The second-order valence-corrected chi connectivity index (χ2v) is 5.16. The number of aromatic nitrogens is 1. The van der Waals surface area contributed by atoms with E-state index >= 15 is 0 Å². The average molecular weight is 423 g/mol. The quantitative estimate of drug-likeness (QED) is 0.680. The predicted octanol–water partition coefficient (Wildman–Crippen LogP) is 4.08. The molecule has 0 radical (unpaired) electrons. The minimum Gasteiger partial charge on any atom is -0.455 e. The maximum absolute atomic E-state index is 5.78. The Morgan fingerprint density at radius 2 is 1.67 bits per heavy atom. The first-order valence-electron chi connectivity index (χ1n) is 4.29. The Hall–Kier alpha value is -0.370. The van der Waals surface area contributed by atoms with Gasteiger partial charge in [-0.15, -0.1) is 0 Å². The van der Waals surface area contributed by atoms with E-state index in [-0.39, 0.29) is 0 Å². The maximum atomic E-state index is 5.78. The molecule has 0 amide bonds. The monoisotopic (exact) mass is 423 g/mol. The number of benzene rings is 1. The van der Waals surface area contributed by atoms with E-state index in [0.29, 0.717) is 0 Å². The molecule has 0 aliphatic rings. The number of hydrogen-bond acceptors (Lipinski definition) is 2. The zero-order valence-corrected chi connectivity index (χ0v) is 12.0. The van der Waals surface area contributed by atoms with Gasteiger partial charge in [0.25, 0.3) is 0 Å². The molecule has 0 bridgehead atoms. The summed E-state index contributed by atoms with van der Waals surface area (Å²) in [5.41, 5.74) is 0. The van der Waals surface area contributed by atoms with Crippen LogP contribution >= 0.6 is 45.2 Å². The van der Waals surface area contributed by atoms with Crippen molar-refractivity contribution < 1.29 is 4.74 Å². The third kappa shape index (κ3) is 2.81. The van der Waals surface area contributed by atoms with E-state index in [1.54, 1.807) is 12.4 Å². The van der Waals surface area contributed by atoms with Crippen molar-refractivity contribution in [2.24, 2.45) is 0 Å². The summed E-state index contributed by atoms with van der Waals surface area (Å²) in [5, 5.41) is 0. The molecule has 2 rings (SSSR count). The first kappa shape index (κ1) is 11.1. The topological polar surface area (TPSA) is 22.1 Å². The Balaban J connectivity index is 2.30. The summed E-state index contributed by atoms with van der Waals surface area (Å²) in [4.78, 5) is 4.02. The van der Waals surface area contributed by atoms with E-state index in [9.17, 15) is 0 Å². The molecule has 0 fully saturated rings. The number of para-hydroxylation sites is 1. The Morgan fingerprint density at radius 3 is 2.40 bits per heavy atom. The molecule has 4 heteroatoms. The minimum atomic E-state index is 0.842. The van der Waals surface area contributed by atoms with E-state index in [1.165, 1.54) is 0 Å². The van der Waals surface area contributed by atoms with Gasteiger partial charge in [0.05, 0.1) is 7.14 Å². The van der Waals surface area contributed by atoms with Gasteiger partial charge in [-0.1, -0.05) is 12.1 Å². The molecule has 15 heavy (non-hydrogen) atoms. The van der Waals surface area contributed by atoms with Crippen molar-refractivity contribution in [3.05, 3.63) is 49.9 Å². The van der Waals surface area contributed by atoms with Gasteiger partial charge in [0, 0.05) is 18.5 Å². The smallest absolute Gasteiger partial charge is 0.143 e. The fraction of sp³-hybridized carbons (Fsp3) is 0. The minimum absolute atomic E-state index is 0.842. The van der Waals surface area contributed by atoms with Crippen LogP contribution in [0.15, 0.2) is 42.7 Å². The number of ether oxygens (including phenoxy) is 1. The predicted molar refractivity (Wildman–Crippen MR) is 76.2 cm³/mol. The van der Waals surface area contributed by atoms with E-state index in [1.807, 2.05) is 30.3 Å². The van der Waals surface area contributed by atoms with E-state index < -0.39 is 0 Å². The van der Waals surface area contributed by atoms with Crippen LogP contribution in [-0.4, -0.2) is 4.98 Å². The molecule has 1 aromatic heterocycles. The molecule has 1 aromatic carbocycles. The lowest BCUT2D eigenvalue weighted by Gasteiger charge is -2.08. The molecule has 0 N–H and O–H groups in total. The van der Waals surface area contributed by atoms with Crippen LogP contribution in [0.4, 0.5) is 0 Å². The second-order valence-electron chi connectivity index (χ2n) is 2.84. The summed E-state index contributed by atoms with van der Waals surface area (Å²) in [6.45, 7) is 0. The highest BCUT2D eigenvalue weighted by molar-refractivity contribution is 14.1. The van der Waals surface area contributed by atoms with Gasteiger partial charge in [0.2, 0.25) is 0 Å². The van der Waals surface area contributed by atoms with E-state index in [4.69, 9.17) is 4.74 Å². The van der Waals surface area contributed by atoms with Crippen LogP contribution in [0.3, 0.4) is 0 Å². The van der Waals surface area contributed by atoms with Crippen molar-refractivity contribution in [2.45, 2.75) is 0 Å². The summed E-state index contributed by atoms with van der Waals surface area (Å²) >= 11 is 4.46. The average Bonchev–Trinajstić information content (AvgIpc) is 2.24. The molecule has 0 atom stereocenters. The molecule has 1 heterocycles. The number of nitrogens with zero attached hydrogens (tertiary/aromatic N) is 1. The van der Waals surface area contributed by atoms with Crippen LogP contribution in [0.1, 0.15) is 0 Å². The lowest BCUT2D eigenvalue weighted by Crippen LogP contribution is -1.89. The Morgan fingerprint density at radius 1 is 0.933 bits per heavy atom. The van der Waals surface area contributed by atoms with Crippen molar-refractivity contribution >= 4 is 45.2 Å². The van der Waals surface area contributed by atoms with Gasteiger partial charge in [-0.05, 0) is 57.3 Å². The van der Waals surface area contributed by atoms with Gasteiger partial charge >= 0.3 is 0 Å². The highest BCUT2D eigenvalue weighted by Crippen LogP contribution is 2.28. The number of pyridine rings is 1. The van der Waals surface area contributed by atoms with Gasteiger partial charge in [-0.3, -0.25) is 4.98 Å². The molecule has 0 saturated carbocycles. The van der Waals surface area contributed by atoms with Gasteiger partial charge in [-0.2, -0.15) is 0 Å². The summed E-state index contributed by atoms with van der Waals surface area (Å²) in [6, 6.07) is 9.80. The van der Waals surface area contributed by atoms with Gasteiger partial charge < -0.3 is 4.74 Å². The zero-order chi connectivity index (χ0) is 10.7. The Bertz CT molecular complexity index is 430. The lowest BCUT2D eigenvalue weighted by molar-refractivity contribution is 0.475. The van der Waals surface area contributed by atoms with Crippen molar-refractivity contribution in [1.82, 2.24) is 4.98 Å². The highest BCUT2D eigenvalue weighted by Gasteiger charge is 2.04. The molecule has 2 nitrogen and oxygen atoms in total. The number of rotatable bonds is 2. The summed E-state index contributed by atoms with van der Waals surface area (Å²) in [6.07, 6.45) is 3.51. The molecular formula is C11H7I2NO. The summed E-state index contributed by atoms with van der Waals surface area (Å²) in [5.74, 6) is 1.72. The molecule has 0 aliphatic carbocycles. The van der Waals surface area contributed by atoms with Crippen molar-refractivity contribution in [3.63, 3.8) is 0 Å².